The summed E-state index contributed by atoms with van der Waals surface area (Å²) in [4.78, 5) is 37.9. The van der Waals surface area contributed by atoms with E-state index >= 15 is 0 Å². The van der Waals surface area contributed by atoms with Crippen LogP contribution in [0.25, 0.3) is 10.9 Å². The zero-order chi connectivity index (χ0) is 21.7. The molecule has 1 N–H and O–H groups in total. The highest BCUT2D eigenvalue weighted by molar-refractivity contribution is 5.99. The van der Waals surface area contributed by atoms with Crippen molar-refractivity contribution in [3.8, 4) is 0 Å². The molecule has 1 aromatic carbocycles. The van der Waals surface area contributed by atoms with E-state index in [0.717, 1.165) is 36.1 Å². The van der Waals surface area contributed by atoms with Gasteiger partial charge in [0.1, 0.15) is 5.69 Å². The van der Waals surface area contributed by atoms with E-state index in [9.17, 15) is 9.59 Å². The number of piperidine rings is 1. The molecule has 5 rings (SSSR count). The molecule has 2 aromatic heterocycles. The van der Waals surface area contributed by atoms with Crippen molar-refractivity contribution < 1.29 is 4.79 Å². The first kappa shape index (κ1) is 19.8. The van der Waals surface area contributed by atoms with E-state index in [0.29, 0.717) is 42.6 Å². The van der Waals surface area contributed by atoms with E-state index in [2.05, 4.69) is 28.9 Å². The fourth-order valence-electron chi connectivity index (χ4n) is 4.95. The summed E-state index contributed by atoms with van der Waals surface area (Å²) in [7, 11) is 1.92. The lowest BCUT2D eigenvalue weighted by atomic mass is 10.0. The van der Waals surface area contributed by atoms with Crippen LogP contribution in [0.5, 0.6) is 0 Å². The smallest absolute Gasteiger partial charge is 0.270 e. The predicted octanol–water partition coefficient (Wildman–Crippen LogP) is 3.00. The van der Waals surface area contributed by atoms with Gasteiger partial charge in [-0.3, -0.25) is 14.6 Å². The first-order chi connectivity index (χ1) is 14.9. The van der Waals surface area contributed by atoms with E-state index < -0.39 is 0 Å². The third-order valence-electron chi connectivity index (χ3n) is 6.72. The quantitative estimate of drug-likeness (QED) is 0.693. The Hall–Kier alpha value is -3.09. The van der Waals surface area contributed by atoms with Crippen LogP contribution in [0.1, 0.15) is 47.1 Å². The van der Waals surface area contributed by atoms with Gasteiger partial charge in [-0.2, -0.15) is 0 Å². The monoisotopic (exact) mass is 419 g/mol. The van der Waals surface area contributed by atoms with Crippen molar-refractivity contribution in [3.63, 3.8) is 0 Å². The van der Waals surface area contributed by atoms with Crippen molar-refractivity contribution in [3.05, 3.63) is 57.1 Å². The highest BCUT2D eigenvalue weighted by Crippen LogP contribution is 2.25. The number of hydrogen-bond acceptors (Lipinski definition) is 4. The van der Waals surface area contributed by atoms with Gasteiger partial charge in [0.2, 0.25) is 5.95 Å². The molecule has 3 aromatic rings. The van der Waals surface area contributed by atoms with Crippen LogP contribution in [0.3, 0.4) is 0 Å². The summed E-state index contributed by atoms with van der Waals surface area (Å²) < 4.78 is 1.94. The van der Waals surface area contributed by atoms with Gasteiger partial charge < -0.3 is 14.4 Å². The molecule has 2 aliphatic heterocycles. The number of carbonyl (C=O) groups excluding carboxylic acids is 1. The van der Waals surface area contributed by atoms with Crippen LogP contribution < -0.4 is 10.5 Å². The van der Waals surface area contributed by atoms with Gasteiger partial charge in [0, 0.05) is 44.0 Å². The molecular weight excluding hydrogens is 390 g/mol. The largest absolute Gasteiger partial charge is 0.342 e. The number of aromatic nitrogens is 3. The highest BCUT2D eigenvalue weighted by atomic mass is 16.2. The maximum absolute atomic E-state index is 13.3. The number of rotatable bonds is 2. The Morgan fingerprint density at radius 3 is 2.87 bits per heavy atom. The van der Waals surface area contributed by atoms with Crippen molar-refractivity contribution in [2.24, 2.45) is 13.0 Å². The molecule has 1 atom stereocenters. The average molecular weight is 420 g/mol. The van der Waals surface area contributed by atoms with Crippen LogP contribution in [0.4, 0.5) is 5.95 Å². The molecule has 7 heteroatoms. The number of aryl methyl sites for hydroxylation is 2. The number of H-pyrrole nitrogens is 1. The lowest BCUT2D eigenvalue weighted by molar-refractivity contribution is 0.0723. The van der Waals surface area contributed by atoms with E-state index in [-0.39, 0.29) is 11.5 Å². The fourth-order valence-corrected chi connectivity index (χ4v) is 4.95. The lowest BCUT2D eigenvalue weighted by Gasteiger charge is -2.33. The minimum absolute atomic E-state index is 0.0460. The zero-order valence-corrected chi connectivity index (χ0v) is 18.4. The number of carbonyl (C=O) groups is 1. The van der Waals surface area contributed by atoms with Gasteiger partial charge in [0.05, 0.1) is 17.8 Å². The third-order valence-corrected chi connectivity index (χ3v) is 6.72. The Kier molecular flexibility index (Phi) is 4.84. The lowest BCUT2D eigenvalue weighted by Crippen LogP contribution is -2.42. The average Bonchev–Trinajstić information content (AvgIpc) is 3.08. The number of benzene rings is 1. The summed E-state index contributed by atoms with van der Waals surface area (Å²) in [6, 6.07) is 8.14. The number of hydrogen-bond donors (Lipinski definition) is 1. The maximum atomic E-state index is 13.3. The van der Waals surface area contributed by atoms with Gasteiger partial charge in [0.15, 0.2) is 0 Å². The van der Waals surface area contributed by atoms with Gasteiger partial charge in [-0.15, -0.1) is 0 Å². The number of anilines is 1. The molecule has 162 valence electrons. The summed E-state index contributed by atoms with van der Waals surface area (Å²) in [5.74, 6) is 1.24. The Morgan fingerprint density at radius 2 is 2.06 bits per heavy atom. The number of amides is 1. The number of fused-ring (bicyclic) bond motifs is 2. The second-order valence-corrected chi connectivity index (χ2v) is 9.14. The molecule has 1 amide bonds. The van der Waals surface area contributed by atoms with Crippen LogP contribution in [0.15, 0.2) is 29.1 Å². The SMILES string of the molecule is Cc1ccc2c(c1)cc(C(=O)N1CCc3nc(N4CCCC(C)C4)[nH]c(=O)c3C1)n2C. The Balaban J connectivity index is 1.41. The summed E-state index contributed by atoms with van der Waals surface area (Å²) in [6.45, 7) is 7.00. The number of nitrogens with one attached hydrogen (secondary N) is 1. The summed E-state index contributed by atoms with van der Waals surface area (Å²) in [6.07, 6.45) is 2.94. The Morgan fingerprint density at radius 1 is 1.23 bits per heavy atom. The van der Waals surface area contributed by atoms with Gasteiger partial charge in [0.25, 0.3) is 11.5 Å². The molecular formula is C24H29N5O2. The van der Waals surface area contributed by atoms with Gasteiger partial charge in [-0.1, -0.05) is 18.6 Å². The van der Waals surface area contributed by atoms with Crippen LogP contribution >= 0.6 is 0 Å². The minimum Gasteiger partial charge on any atom is -0.342 e. The minimum atomic E-state index is -0.122. The van der Waals surface area contributed by atoms with Gasteiger partial charge in [-0.25, -0.2) is 4.98 Å². The first-order valence-electron chi connectivity index (χ1n) is 11.1. The Bertz CT molecular complexity index is 1220. The molecule has 0 saturated carbocycles. The highest BCUT2D eigenvalue weighted by Gasteiger charge is 2.28. The van der Waals surface area contributed by atoms with Crippen molar-refractivity contribution >= 4 is 22.8 Å². The first-order valence-corrected chi connectivity index (χ1v) is 11.1. The molecule has 2 aliphatic rings. The topological polar surface area (TPSA) is 74.2 Å². The van der Waals surface area contributed by atoms with Crippen LogP contribution in [0.2, 0.25) is 0 Å². The van der Waals surface area contributed by atoms with Gasteiger partial charge >= 0.3 is 0 Å². The molecule has 0 bridgehead atoms. The van der Waals surface area contributed by atoms with Crippen molar-refractivity contribution in [1.29, 1.82) is 0 Å². The normalized spacial score (nSPS) is 19.0. The van der Waals surface area contributed by atoms with Crippen molar-refractivity contribution in [1.82, 2.24) is 19.4 Å². The summed E-state index contributed by atoms with van der Waals surface area (Å²) in [5.41, 5.74) is 4.17. The van der Waals surface area contributed by atoms with Crippen LogP contribution in [0, 0.1) is 12.8 Å². The molecule has 7 nitrogen and oxygen atoms in total. The Labute approximate surface area is 181 Å². The second-order valence-electron chi connectivity index (χ2n) is 9.14. The molecule has 1 unspecified atom stereocenters. The molecule has 31 heavy (non-hydrogen) atoms. The fraction of sp³-hybridized carbons (Fsp3) is 0.458. The van der Waals surface area contributed by atoms with Crippen molar-refractivity contribution in [2.75, 3.05) is 24.5 Å². The second kappa shape index (κ2) is 7.55. The van der Waals surface area contributed by atoms with Crippen molar-refractivity contribution in [2.45, 2.75) is 39.7 Å². The van der Waals surface area contributed by atoms with E-state index in [4.69, 9.17) is 4.98 Å². The molecule has 0 spiro atoms. The van der Waals surface area contributed by atoms with Crippen LogP contribution in [-0.4, -0.2) is 45.0 Å². The van der Waals surface area contributed by atoms with Gasteiger partial charge in [-0.05, 0) is 43.9 Å². The summed E-state index contributed by atoms with van der Waals surface area (Å²) in [5, 5.41) is 1.06. The number of aromatic amines is 1. The number of nitrogens with zero attached hydrogens (tertiary/aromatic N) is 4. The zero-order valence-electron chi connectivity index (χ0n) is 18.4. The van der Waals surface area contributed by atoms with E-state index in [1.807, 2.05) is 30.7 Å². The molecule has 1 fully saturated rings. The maximum Gasteiger partial charge on any atom is 0.270 e. The summed E-state index contributed by atoms with van der Waals surface area (Å²) >= 11 is 0. The third kappa shape index (κ3) is 3.52. The molecule has 1 saturated heterocycles. The standard InChI is InChI=1S/C24H29N5O2/c1-15-6-7-20-17(11-15)12-21(27(20)3)23(31)28-10-8-19-18(14-28)22(30)26-24(25-19)29-9-4-5-16(2)13-29/h6-7,11-12,16H,4-5,8-10,13-14H2,1-3H3,(H,25,26,30). The molecule has 0 radical (unpaired) electrons. The van der Waals surface area contributed by atoms with E-state index in [1.165, 1.54) is 12.0 Å². The molecule has 4 heterocycles. The molecule has 0 aliphatic carbocycles. The van der Waals surface area contributed by atoms with E-state index in [1.54, 1.807) is 4.90 Å². The predicted molar refractivity (Wildman–Crippen MR) is 122 cm³/mol. The van der Waals surface area contributed by atoms with Crippen LogP contribution in [-0.2, 0) is 20.0 Å².